The highest BCUT2D eigenvalue weighted by Crippen LogP contribution is 2.30. The van der Waals surface area contributed by atoms with Crippen molar-refractivity contribution in [3.8, 4) is 39.8 Å². The van der Waals surface area contributed by atoms with Gasteiger partial charge in [0, 0.05) is 43.1 Å². The number of rotatable bonds is 5. The summed E-state index contributed by atoms with van der Waals surface area (Å²) < 4.78 is 81.4. The van der Waals surface area contributed by atoms with E-state index >= 15 is 0 Å². The van der Waals surface area contributed by atoms with Gasteiger partial charge in [-0.15, -0.1) is 13.2 Å². The molecule has 0 aliphatic carbocycles. The highest BCUT2D eigenvalue weighted by molar-refractivity contribution is 5.73. The molecule has 0 spiro atoms. The summed E-state index contributed by atoms with van der Waals surface area (Å²) in [7, 11) is 3.01. The monoisotopic (exact) mass is 573 g/mol. The van der Waals surface area contributed by atoms with E-state index < -0.39 is 29.8 Å². The van der Waals surface area contributed by atoms with Crippen molar-refractivity contribution >= 4 is 11.8 Å². The first-order valence-corrected chi connectivity index (χ1v) is 10.5. The predicted molar refractivity (Wildman–Crippen MR) is 124 cm³/mol. The molecule has 0 fully saturated rings. The first-order chi connectivity index (χ1) is 18.6. The number of halogens is 6. The molecule has 4 aromatic rings. The lowest BCUT2D eigenvalue weighted by Crippen LogP contribution is -2.21. The van der Waals surface area contributed by atoms with Crippen LogP contribution in [0, 0.1) is 0 Å². The highest BCUT2D eigenvalue weighted by Gasteiger charge is 2.38. The minimum Gasteiger partial charge on any atom is -0.497 e. The molecule has 0 saturated heterocycles. The summed E-state index contributed by atoms with van der Waals surface area (Å²) in [5, 5.41) is 15.4. The maximum Gasteiger partial charge on any atom is 0.573 e. The van der Waals surface area contributed by atoms with E-state index in [1.807, 2.05) is 0 Å². The van der Waals surface area contributed by atoms with Crippen molar-refractivity contribution < 1.29 is 45.7 Å². The maximum atomic E-state index is 12.7. The number of carbonyl (C=O) groups is 1. The predicted octanol–water partition coefficient (Wildman–Crippen LogP) is 3.21. The molecule has 12 nitrogen and oxygen atoms in total. The normalized spacial score (nSPS) is 11.4. The number of alkyl halides is 6. The molecule has 212 valence electrons. The number of nitrogens with two attached hydrogens (primary N) is 1. The molecular formula is C22H17F6N7O5. The van der Waals surface area contributed by atoms with Crippen LogP contribution < -0.4 is 20.8 Å². The number of anilines is 1. The number of hydrogen-bond donors (Lipinski definition) is 2. The molecule has 4 rings (SSSR count). The van der Waals surface area contributed by atoms with Gasteiger partial charge in [-0.3, -0.25) is 9.48 Å². The fraction of sp³-hybridized carbons (Fsp3) is 0.182. The molecule has 40 heavy (non-hydrogen) atoms. The zero-order chi connectivity index (χ0) is 29.8. The summed E-state index contributed by atoms with van der Waals surface area (Å²) in [6.07, 6.45) is -5.22. The Morgan fingerprint density at radius 2 is 1.68 bits per heavy atom. The number of benzene rings is 1. The van der Waals surface area contributed by atoms with Gasteiger partial charge >= 0.3 is 18.5 Å². The van der Waals surface area contributed by atoms with Crippen molar-refractivity contribution in [2.45, 2.75) is 12.5 Å². The third kappa shape index (κ3) is 7.45. The van der Waals surface area contributed by atoms with Gasteiger partial charge in [0.15, 0.2) is 5.82 Å². The second-order valence-electron chi connectivity index (χ2n) is 7.58. The largest absolute Gasteiger partial charge is 0.573 e. The first kappa shape index (κ1) is 29.4. The van der Waals surface area contributed by atoms with E-state index in [1.54, 1.807) is 24.1 Å². The molecule has 0 saturated carbocycles. The highest BCUT2D eigenvalue weighted by atomic mass is 19.4. The number of aliphatic carboxylic acids is 1. The molecule has 3 aromatic heterocycles. The lowest BCUT2D eigenvalue weighted by atomic mass is 10.2. The second kappa shape index (κ2) is 11.3. The molecular weight excluding hydrogens is 556 g/mol. The average Bonchev–Trinajstić information content (AvgIpc) is 3.29. The SMILES string of the molecule is COc1cc(OC(F)(F)F)cc(-n2nc(-c3nc(-c4cnn(C)c4)cnc3N)ccc2=O)c1.O=C(O)C(F)(F)F. The molecule has 0 amide bonds. The number of methoxy groups -OCH3 is 1. The number of hydrogen-bond acceptors (Lipinski definition) is 9. The molecule has 0 aliphatic rings. The third-order valence-electron chi connectivity index (χ3n) is 4.67. The fourth-order valence-corrected chi connectivity index (χ4v) is 2.99. The van der Waals surface area contributed by atoms with Crippen LogP contribution >= 0.6 is 0 Å². The Kier molecular flexibility index (Phi) is 8.30. The first-order valence-electron chi connectivity index (χ1n) is 10.5. The Labute approximate surface area is 219 Å². The zero-order valence-corrected chi connectivity index (χ0v) is 20.2. The smallest absolute Gasteiger partial charge is 0.497 e. The van der Waals surface area contributed by atoms with Gasteiger partial charge in [0.25, 0.3) is 5.56 Å². The standard InChI is InChI=1S/C20H16F3N7O3.C2HF3O2/c1-29-10-11(8-26-29)16-9-25-19(24)18(27-16)15-3-4-17(31)30(28-15)12-5-13(32-2)7-14(6-12)33-20(21,22)23;3-2(4,5)1(6)7/h3-10H,1-2H3,(H2,24,25);(H,6,7). The molecule has 0 atom stereocenters. The Bertz CT molecular complexity index is 1580. The fourth-order valence-electron chi connectivity index (χ4n) is 2.99. The Balaban J connectivity index is 0.000000559. The lowest BCUT2D eigenvalue weighted by Gasteiger charge is -2.13. The molecule has 3 N–H and O–H groups in total. The van der Waals surface area contributed by atoms with Gasteiger partial charge in [-0.1, -0.05) is 0 Å². The van der Waals surface area contributed by atoms with Gasteiger partial charge in [-0.05, 0) is 6.07 Å². The number of nitrogen functional groups attached to an aromatic ring is 1. The number of carboxylic acid groups (broad SMARTS) is 1. The van der Waals surface area contributed by atoms with E-state index in [2.05, 4.69) is 24.9 Å². The summed E-state index contributed by atoms with van der Waals surface area (Å²) in [5.74, 6) is -3.25. The van der Waals surface area contributed by atoms with Crippen LogP contribution in [0.5, 0.6) is 11.5 Å². The van der Waals surface area contributed by atoms with Gasteiger partial charge in [-0.25, -0.2) is 14.8 Å². The Morgan fingerprint density at radius 1 is 1.02 bits per heavy atom. The van der Waals surface area contributed by atoms with Crippen LogP contribution in [0.1, 0.15) is 0 Å². The van der Waals surface area contributed by atoms with Crippen molar-refractivity contribution in [1.29, 1.82) is 0 Å². The second-order valence-corrected chi connectivity index (χ2v) is 7.58. The minimum atomic E-state index is -5.08. The van der Waals surface area contributed by atoms with Crippen molar-refractivity contribution in [2.24, 2.45) is 7.05 Å². The molecule has 1 aromatic carbocycles. The minimum absolute atomic E-state index is 0.0182. The number of aromatic nitrogens is 6. The number of nitrogens with zero attached hydrogens (tertiary/aromatic N) is 6. The van der Waals surface area contributed by atoms with Gasteiger partial charge in [0.1, 0.15) is 22.9 Å². The molecule has 3 heterocycles. The molecule has 0 bridgehead atoms. The van der Waals surface area contributed by atoms with Crippen LogP contribution in [-0.4, -0.2) is 60.3 Å². The molecule has 0 aliphatic heterocycles. The van der Waals surface area contributed by atoms with Crippen LogP contribution in [0.15, 0.2) is 53.7 Å². The molecule has 18 heteroatoms. The van der Waals surface area contributed by atoms with Crippen LogP contribution in [0.2, 0.25) is 0 Å². The van der Waals surface area contributed by atoms with Crippen LogP contribution in [0.25, 0.3) is 28.3 Å². The van der Waals surface area contributed by atoms with Gasteiger partial charge < -0.3 is 20.3 Å². The van der Waals surface area contributed by atoms with Crippen LogP contribution in [0.3, 0.4) is 0 Å². The Hall–Kier alpha value is -5.16. The van der Waals surface area contributed by atoms with E-state index in [9.17, 15) is 31.1 Å². The summed E-state index contributed by atoms with van der Waals surface area (Å²) >= 11 is 0. The van der Waals surface area contributed by atoms with Gasteiger partial charge in [0.05, 0.1) is 30.9 Å². The van der Waals surface area contributed by atoms with Crippen molar-refractivity contribution in [2.75, 3.05) is 12.8 Å². The summed E-state index contributed by atoms with van der Waals surface area (Å²) in [5.41, 5.74) is 6.86. The van der Waals surface area contributed by atoms with E-state index in [0.29, 0.717) is 11.3 Å². The summed E-state index contributed by atoms with van der Waals surface area (Å²) in [6.45, 7) is 0. The van der Waals surface area contributed by atoms with E-state index in [-0.39, 0.29) is 28.6 Å². The van der Waals surface area contributed by atoms with Gasteiger partial charge in [-0.2, -0.15) is 28.1 Å². The van der Waals surface area contributed by atoms with E-state index in [4.69, 9.17) is 20.4 Å². The van der Waals surface area contributed by atoms with Crippen molar-refractivity contribution in [3.63, 3.8) is 0 Å². The summed E-state index contributed by atoms with van der Waals surface area (Å²) in [6, 6.07) is 5.95. The quantitative estimate of drug-likeness (QED) is 0.339. The number of aryl methyl sites for hydroxylation is 1. The topological polar surface area (TPSA) is 160 Å². The number of carboxylic acids is 1. The maximum absolute atomic E-state index is 12.7. The molecule has 0 unspecified atom stereocenters. The van der Waals surface area contributed by atoms with Crippen LogP contribution in [-0.2, 0) is 11.8 Å². The van der Waals surface area contributed by atoms with Gasteiger partial charge in [0.2, 0.25) is 0 Å². The van der Waals surface area contributed by atoms with Crippen LogP contribution in [0.4, 0.5) is 32.2 Å². The van der Waals surface area contributed by atoms with Crippen molar-refractivity contribution in [1.82, 2.24) is 29.5 Å². The zero-order valence-electron chi connectivity index (χ0n) is 20.2. The van der Waals surface area contributed by atoms with E-state index in [0.717, 1.165) is 16.8 Å². The summed E-state index contributed by atoms with van der Waals surface area (Å²) in [4.78, 5) is 30.0. The third-order valence-corrected chi connectivity index (χ3v) is 4.67. The lowest BCUT2D eigenvalue weighted by molar-refractivity contribution is -0.274. The van der Waals surface area contributed by atoms with Crippen molar-refractivity contribution in [3.05, 3.63) is 59.3 Å². The average molecular weight is 573 g/mol. The Morgan fingerprint density at radius 3 is 2.23 bits per heavy atom. The number of ether oxygens (including phenoxy) is 2. The van der Waals surface area contributed by atoms with E-state index in [1.165, 1.54) is 31.5 Å². The molecule has 0 radical (unpaired) electrons.